The van der Waals surface area contributed by atoms with Gasteiger partial charge in [0.25, 0.3) is 0 Å². The van der Waals surface area contributed by atoms with E-state index >= 15 is 0 Å². The summed E-state index contributed by atoms with van der Waals surface area (Å²) in [6.07, 6.45) is 0.844. The van der Waals surface area contributed by atoms with Crippen LogP contribution in [0.15, 0.2) is 59.5 Å². The standard InChI is InChI=1S/C26H36ClN3O4S/c1-6-23(25(32)28-26(2,3)4)30(19-20-13-10-11-16-22(20)27)24(31)17-12-18-29(5)35(33,34)21-14-8-7-9-15-21/h7-11,13-16,23H,6,12,17-19H2,1-5H3,(H,28,32). The summed E-state index contributed by atoms with van der Waals surface area (Å²) < 4.78 is 26.8. The Morgan fingerprint density at radius 1 is 1.03 bits per heavy atom. The first kappa shape index (κ1) is 28.8. The van der Waals surface area contributed by atoms with Crippen molar-refractivity contribution in [1.29, 1.82) is 0 Å². The van der Waals surface area contributed by atoms with Crippen LogP contribution < -0.4 is 5.32 Å². The number of halogens is 1. The average Bonchev–Trinajstić information content (AvgIpc) is 2.79. The minimum atomic E-state index is -3.64. The zero-order valence-corrected chi connectivity index (χ0v) is 22.7. The van der Waals surface area contributed by atoms with Crippen LogP contribution in [0.1, 0.15) is 52.5 Å². The predicted molar refractivity (Wildman–Crippen MR) is 139 cm³/mol. The molecule has 0 saturated carbocycles. The summed E-state index contributed by atoms with van der Waals surface area (Å²) in [6, 6.07) is 14.7. The second kappa shape index (κ2) is 12.5. The number of nitrogens with zero attached hydrogens (tertiary/aromatic N) is 2. The van der Waals surface area contributed by atoms with E-state index in [2.05, 4.69) is 5.32 Å². The molecule has 0 aliphatic heterocycles. The highest BCUT2D eigenvalue weighted by atomic mass is 35.5. The second-order valence-corrected chi connectivity index (χ2v) is 12.0. The highest BCUT2D eigenvalue weighted by Gasteiger charge is 2.31. The molecule has 1 unspecified atom stereocenters. The van der Waals surface area contributed by atoms with Gasteiger partial charge in [0.2, 0.25) is 21.8 Å². The number of hydrogen-bond donors (Lipinski definition) is 1. The largest absolute Gasteiger partial charge is 0.350 e. The van der Waals surface area contributed by atoms with Crippen LogP contribution in [0.25, 0.3) is 0 Å². The number of hydrogen-bond acceptors (Lipinski definition) is 4. The highest BCUT2D eigenvalue weighted by molar-refractivity contribution is 7.89. The molecule has 0 bridgehead atoms. The van der Waals surface area contributed by atoms with Gasteiger partial charge < -0.3 is 10.2 Å². The maximum absolute atomic E-state index is 13.4. The molecule has 2 rings (SSSR count). The van der Waals surface area contributed by atoms with E-state index < -0.39 is 21.6 Å². The summed E-state index contributed by atoms with van der Waals surface area (Å²) in [5.41, 5.74) is 0.297. The monoisotopic (exact) mass is 521 g/mol. The quantitative estimate of drug-likeness (QED) is 0.473. The van der Waals surface area contributed by atoms with Crippen LogP contribution in [0.3, 0.4) is 0 Å². The van der Waals surface area contributed by atoms with Crippen molar-refractivity contribution in [1.82, 2.24) is 14.5 Å². The predicted octanol–water partition coefficient (Wildman–Crippen LogP) is 4.46. The third-order valence-electron chi connectivity index (χ3n) is 5.50. The average molecular weight is 522 g/mol. The molecule has 7 nitrogen and oxygen atoms in total. The Bertz CT molecular complexity index is 1100. The molecule has 2 amide bonds. The summed E-state index contributed by atoms with van der Waals surface area (Å²) in [4.78, 5) is 28.2. The zero-order valence-electron chi connectivity index (χ0n) is 21.1. The van der Waals surface area contributed by atoms with Crippen molar-refractivity contribution in [2.75, 3.05) is 13.6 Å². The molecule has 0 spiro atoms. The van der Waals surface area contributed by atoms with Crippen molar-refractivity contribution in [3.63, 3.8) is 0 Å². The molecule has 1 atom stereocenters. The Balaban J connectivity index is 2.17. The molecule has 2 aromatic carbocycles. The van der Waals surface area contributed by atoms with Gasteiger partial charge in [0.1, 0.15) is 6.04 Å². The number of nitrogens with one attached hydrogen (secondary N) is 1. The smallest absolute Gasteiger partial charge is 0.243 e. The molecule has 0 aliphatic rings. The van der Waals surface area contributed by atoms with E-state index in [1.54, 1.807) is 41.3 Å². The SMILES string of the molecule is CCC(C(=O)NC(C)(C)C)N(Cc1ccccc1Cl)C(=O)CCCN(C)S(=O)(=O)c1ccccc1. The van der Waals surface area contributed by atoms with Gasteiger partial charge in [-0.2, -0.15) is 0 Å². The molecular weight excluding hydrogens is 486 g/mol. The van der Waals surface area contributed by atoms with Crippen LogP contribution in [-0.4, -0.2) is 54.6 Å². The second-order valence-electron chi connectivity index (χ2n) is 9.52. The Hall–Kier alpha value is -2.42. The van der Waals surface area contributed by atoms with Crippen molar-refractivity contribution in [2.45, 2.75) is 70.0 Å². The van der Waals surface area contributed by atoms with E-state index in [1.807, 2.05) is 45.9 Å². The van der Waals surface area contributed by atoms with Gasteiger partial charge in [-0.15, -0.1) is 0 Å². The highest BCUT2D eigenvalue weighted by Crippen LogP contribution is 2.21. The van der Waals surface area contributed by atoms with Gasteiger partial charge in [0.15, 0.2) is 0 Å². The van der Waals surface area contributed by atoms with Gasteiger partial charge in [-0.1, -0.05) is 54.9 Å². The number of rotatable bonds is 11. The number of carbonyl (C=O) groups is 2. The molecule has 0 heterocycles. The summed E-state index contributed by atoms with van der Waals surface area (Å²) >= 11 is 6.35. The summed E-state index contributed by atoms with van der Waals surface area (Å²) in [5.74, 6) is -0.462. The Kier molecular flexibility index (Phi) is 10.3. The maximum atomic E-state index is 13.4. The molecule has 2 aromatic rings. The van der Waals surface area contributed by atoms with Crippen molar-refractivity contribution >= 4 is 33.4 Å². The molecule has 0 aromatic heterocycles. The Morgan fingerprint density at radius 3 is 2.20 bits per heavy atom. The summed E-state index contributed by atoms with van der Waals surface area (Å²) in [7, 11) is -2.14. The minimum absolute atomic E-state index is 0.0956. The molecule has 0 fully saturated rings. The number of carbonyl (C=O) groups excluding carboxylic acids is 2. The summed E-state index contributed by atoms with van der Waals surface area (Å²) in [5, 5.41) is 3.48. The first-order chi connectivity index (χ1) is 16.4. The fraction of sp³-hybridized carbons (Fsp3) is 0.462. The van der Waals surface area contributed by atoms with Crippen LogP contribution in [0, 0.1) is 0 Å². The van der Waals surface area contributed by atoms with E-state index in [9.17, 15) is 18.0 Å². The van der Waals surface area contributed by atoms with Crippen molar-refractivity contribution in [2.24, 2.45) is 0 Å². The third-order valence-corrected chi connectivity index (χ3v) is 7.74. The summed E-state index contributed by atoms with van der Waals surface area (Å²) in [6.45, 7) is 7.89. The molecule has 192 valence electrons. The van der Waals surface area contributed by atoms with Crippen LogP contribution in [0.2, 0.25) is 5.02 Å². The van der Waals surface area contributed by atoms with Crippen molar-refractivity contribution < 1.29 is 18.0 Å². The van der Waals surface area contributed by atoms with Crippen LogP contribution in [-0.2, 0) is 26.2 Å². The van der Waals surface area contributed by atoms with E-state index in [4.69, 9.17) is 11.6 Å². The zero-order chi connectivity index (χ0) is 26.2. The van der Waals surface area contributed by atoms with Gasteiger partial charge in [0, 0.05) is 37.1 Å². The van der Waals surface area contributed by atoms with Gasteiger partial charge in [-0.25, -0.2) is 12.7 Å². The topological polar surface area (TPSA) is 86.8 Å². The first-order valence-electron chi connectivity index (χ1n) is 11.7. The van der Waals surface area contributed by atoms with Gasteiger partial charge in [-0.3, -0.25) is 9.59 Å². The van der Waals surface area contributed by atoms with Crippen molar-refractivity contribution in [3.8, 4) is 0 Å². The molecule has 1 N–H and O–H groups in total. The van der Waals surface area contributed by atoms with Gasteiger partial charge >= 0.3 is 0 Å². The maximum Gasteiger partial charge on any atom is 0.243 e. The fourth-order valence-corrected chi connectivity index (χ4v) is 5.10. The number of amides is 2. The molecular formula is C26H36ClN3O4S. The lowest BCUT2D eigenvalue weighted by Gasteiger charge is -2.33. The molecule has 0 radical (unpaired) electrons. The lowest BCUT2D eigenvalue weighted by molar-refractivity contribution is -0.142. The molecule has 35 heavy (non-hydrogen) atoms. The van der Waals surface area contributed by atoms with E-state index in [1.165, 1.54) is 11.4 Å². The normalized spacial score (nSPS) is 12.9. The van der Waals surface area contributed by atoms with E-state index in [-0.39, 0.29) is 36.2 Å². The molecule has 0 aliphatic carbocycles. The van der Waals surface area contributed by atoms with Gasteiger partial charge in [-0.05, 0) is 57.4 Å². The Labute approximate surface area is 214 Å². The Morgan fingerprint density at radius 2 is 1.63 bits per heavy atom. The third kappa shape index (κ3) is 8.33. The lowest BCUT2D eigenvalue weighted by atomic mass is 10.0. The number of benzene rings is 2. The van der Waals surface area contributed by atoms with Crippen LogP contribution in [0.5, 0.6) is 0 Å². The lowest BCUT2D eigenvalue weighted by Crippen LogP contribution is -2.53. The van der Waals surface area contributed by atoms with Gasteiger partial charge in [0.05, 0.1) is 4.90 Å². The molecule has 9 heteroatoms. The van der Waals surface area contributed by atoms with E-state index in [0.717, 1.165) is 5.56 Å². The van der Waals surface area contributed by atoms with Crippen LogP contribution >= 0.6 is 11.6 Å². The molecule has 0 saturated heterocycles. The van der Waals surface area contributed by atoms with Crippen molar-refractivity contribution in [3.05, 3.63) is 65.2 Å². The first-order valence-corrected chi connectivity index (χ1v) is 13.5. The van der Waals surface area contributed by atoms with E-state index in [0.29, 0.717) is 17.9 Å². The minimum Gasteiger partial charge on any atom is -0.350 e. The number of sulfonamides is 1. The van der Waals surface area contributed by atoms with Crippen LogP contribution in [0.4, 0.5) is 0 Å². The fourth-order valence-electron chi connectivity index (χ4n) is 3.67.